The maximum atomic E-state index is 13.2. The zero-order chi connectivity index (χ0) is 18.9. The van der Waals surface area contributed by atoms with Crippen molar-refractivity contribution < 1.29 is 22.5 Å². The van der Waals surface area contributed by atoms with E-state index in [1.165, 1.54) is 18.4 Å². The SMILES string of the molecule is Cc1ccc(C(F)(F)F)c(-c2ccc(NC(=O)c3conc3C)cc2)c1. The summed E-state index contributed by atoms with van der Waals surface area (Å²) in [5.41, 5.74) is 1.76. The Morgan fingerprint density at radius 3 is 2.35 bits per heavy atom. The van der Waals surface area contributed by atoms with Crippen LogP contribution in [0, 0.1) is 13.8 Å². The third kappa shape index (κ3) is 3.61. The van der Waals surface area contributed by atoms with E-state index in [9.17, 15) is 18.0 Å². The lowest BCUT2D eigenvalue weighted by Crippen LogP contribution is -2.12. The molecule has 0 aliphatic rings. The topological polar surface area (TPSA) is 55.1 Å². The standard InChI is InChI=1S/C19H15F3N2O2/c1-11-3-8-17(19(20,21)22)15(9-11)13-4-6-14(7-5-13)23-18(25)16-10-26-24-12(16)2/h3-10H,1-2H3,(H,23,25). The number of carbonyl (C=O) groups is 1. The van der Waals surface area contributed by atoms with Gasteiger partial charge in [0.05, 0.1) is 11.3 Å². The maximum absolute atomic E-state index is 13.2. The number of hydrogen-bond donors (Lipinski definition) is 1. The number of nitrogens with zero attached hydrogens (tertiary/aromatic N) is 1. The number of aryl methyl sites for hydroxylation is 2. The monoisotopic (exact) mass is 360 g/mol. The summed E-state index contributed by atoms with van der Waals surface area (Å²) < 4.78 is 44.4. The van der Waals surface area contributed by atoms with E-state index in [1.54, 1.807) is 38.1 Å². The van der Waals surface area contributed by atoms with E-state index in [-0.39, 0.29) is 5.56 Å². The van der Waals surface area contributed by atoms with Crippen LogP contribution < -0.4 is 5.32 Å². The minimum atomic E-state index is -4.44. The van der Waals surface area contributed by atoms with Crippen LogP contribution in [0.3, 0.4) is 0 Å². The highest BCUT2D eigenvalue weighted by Gasteiger charge is 2.33. The molecule has 0 radical (unpaired) electrons. The van der Waals surface area contributed by atoms with Gasteiger partial charge in [-0.15, -0.1) is 0 Å². The molecule has 4 nitrogen and oxygen atoms in total. The predicted molar refractivity (Wildman–Crippen MR) is 90.8 cm³/mol. The van der Waals surface area contributed by atoms with Crippen molar-refractivity contribution in [3.63, 3.8) is 0 Å². The highest BCUT2D eigenvalue weighted by Crippen LogP contribution is 2.37. The average molecular weight is 360 g/mol. The first kappa shape index (κ1) is 17.7. The van der Waals surface area contributed by atoms with Gasteiger partial charge in [0.1, 0.15) is 11.8 Å². The molecule has 0 saturated heterocycles. The van der Waals surface area contributed by atoms with Gasteiger partial charge in [-0.2, -0.15) is 13.2 Å². The Morgan fingerprint density at radius 2 is 1.77 bits per heavy atom. The zero-order valence-electron chi connectivity index (χ0n) is 14.0. The molecule has 1 N–H and O–H groups in total. The van der Waals surface area contributed by atoms with Crippen LogP contribution in [0.1, 0.15) is 27.2 Å². The van der Waals surface area contributed by atoms with Crippen LogP contribution in [0.25, 0.3) is 11.1 Å². The lowest BCUT2D eigenvalue weighted by molar-refractivity contribution is -0.137. The lowest BCUT2D eigenvalue weighted by atomic mass is 9.97. The average Bonchev–Trinajstić information content (AvgIpc) is 3.00. The Balaban J connectivity index is 1.88. The number of halogens is 3. The van der Waals surface area contributed by atoms with Crippen molar-refractivity contribution in [2.75, 3.05) is 5.32 Å². The minimum Gasteiger partial charge on any atom is -0.364 e. The van der Waals surface area contributed by atoms with Crippen LogP contribution in [-0.4, -0.2) is 11.1 Å². The van der Waals surface area contributed by atoms with E-state index in [1.807, 2.05) is 0 Å². The van der Waals surface area contributed by atoms with Crippen molar-refractivity contribution in [1.29, 1.82) is 0 Å². The summed E-state index contributed by atoms with van der Waals surface area (Å²) in [4.78, 5) is 12.1. The molecule has 0 aliphatic heterocycles. The number of amides is 1. The normalized spacial score (nSPS) is 11.4. The van der Waals surface area contributed by atoms with E-state index in [2.05, 4.69) is 10.5 Å². The van der Waals surface area contributed by atoms with Gasteiger partial charge in [-0.1, -0.05) is 35.0 Å². The van der Waals surface area contributed by atoms with Crippen LogP contribution in [0.5, 0.6) is 0 Å². The van der Waals surface area contributed by atoms with Crippen molar-refractivity contribution in [2.45, 2.75) is 20.0 Å². The Morgan fingerprint density at radius 1 is 1.08 bits per heavy atom. The molecule has 7 heteroatoms. The van der Waals surface area contributed by atoms with Crippen molar-refractivity contribution in [3.8, 4) is 11.1 Å². The number of nitrogens with one attached hydrogen (secondary N) is 1. The zero-order valence-corrected chi connectivity index (χ0v) is 14.0. The summed E-state index contributed by atoms with van der Waals surface area (Å²) in [5, 5.41) is 6.29. The van der Waals surface area contributed by atoms with Gasteiger partial charge in [0.25, 0.3) is 5.91 Å². The highest BCUT2D eigenvalue weighted by molar-refractivity contribution is 6.04. The molecule has 134 valence electrons. The van der Waals surface area contributed by atoms with Crippen molar-refractivity contribution in [2.24, 2.45) is 0 Å². The number of anilines is 1. The largest absolute Gasteiger partial charge is 0.417 e. The first-order chi connectivity index (χ1) is 12.3. The number of benzene rings is 2. The van der Waals surface area contributed by atoms with Gasteiger partial charge in [-0.25, -0.2) is 0 Å². The fraction of sp³-hybridized carbons (Fsp3) is 0.158. The summed E-state index contributed by atoms with van der Waals surface area (Å²) in [7, 11) is 0. The first-order valence-corrected chi connectivity index (χ1v) is 7.76. The third-order valence-corrected chi connectivity index (χ3v) is 3.93. The molecule has 1 amide bonds. The molecule has 3 rings (SSSR count). The summed E-state index contributed by atoms with van der Waals surface area (Å²) in [6.45, 7) is 3.37. The van der Waals surface area contributed by atoms with Gasteiger partial charge in [0, 0.05) is 5.69 Å². The second kappa shape index (κ2) is 6.67. The molecule has 26 heavy (non-hydrogen) atoms. The second-order valence-electron chi connectivity index (χ2n) is 5.89. The molecule has 0 unspecified atom stereocenters. The number of alkyl halides is 3. The number of carbonyl (C=O) groups excluding carboxylic acids is 1. The van der Waals surface area contributed by atoms with Crippen LogP contribution in [0.4, 0.5) is 18.9 Å². The van der Waals surface area contributed by atoms with E-state index < -0.39 is 17.6 Å². The molecule has 0 spiro atoms. The molecular formula is C19H15F3N2O2. The fourth-order valence-electron chi connectivity index (χ4n) is 2.59. The van der Waals surface area contributed by atoms with E-state index in [0.717, 1.165) is 11.6 Å². The molecule has 0 bridgehead atoms. The third-order valence-electron chi connectivity index (χ3n) is 3.93. The van der Waals surface area contributed by atoms with Crippen LogP contribution in [0.15, 0.2) is 53.3 Å². The molecule has 3 aromatic rings. The van der Waals surface area contributed by atoms with Gasteiger partial charge in [0.2, 0.25) is 0 Å². The van der Waals surface area contributed by atoms with Crippen molar-refractivity contribution in [1.82, 2.24) is 5.16 Å². The Kier molecular flexibility index (Phi) is 4.54. The van der Waals surface area contributed by atoms with E-state index in [0.29, 0.717) is 22.5 Å². The smallest absolute Gasteiger partial charge is 0.364 e. The van der Waals surface area contributed by atoms with E-state index in [4.69, 9.17) is 4.52 Å². The summed E-state index contributed by atoms with van der Waals surface area (Å²) in [5.74, 6) is -0.400. The fourth-order valence-corrected chi connectivity index (χ4v) is 2.59. The van der Waals surface area contributed by atoms with Crippen molar-refractivity contribution >= 4 is 11.6 Å². The Labute approximate surface area is 147 Å². The predicted octanol–water partition coefficient (Wildman–Crippen LogP) is 5.23. The number of aromatic nitrogens is 1. The molecule has 0 saturated carbocycles. The minimum absolute atomic E-state index is 0.102. The van der Waals surface area contributed by atoms with E-state index >= 15 is 0 Å². The molecular weight excluding hydrogens is 345 g/mol. The molecule has 0 atom stereocenters. The van der Waals surface area contributed by atoms with Crippen LogP contribution >= 0.6 is 0 Å². The quantitative estimate of drug-likeness (QED) is 0.696. The molecule has 1 heterocycles. The Hall–Kier alpha value is -3.09. The van der Waals surface area contributed by atoms with Crippen LogP contribution in [0.2, 0.25) is 0 Å². The highest BCUT2D eigenvalue weighted by atomic mass is 19.4. The van der Waals surface area contributed by atoms with Gasteiger partial charge in [0.15, 0.2) is 0 Å². The maximum Gasteiger partial charge on any atom is 0.417 e. The van der Waals surface area contributed by atoms with Gasteiger partial charge in [-0.3, -0.25) is 4.79 Å². The number of rotatable bonds is 3. The molecule has 0 aliphatic carbocycles. The lowest BCUT2D eigenvalue weighted by Gasteiger charge is -2.14. The summed E-state index contributed by atoms with van der Waals surface area (Å²) in [6, 6.07) is 10.2. The van der Waals surface area contributed by atoms with Gasteiger partial charge < -0.3 is 9.84 Å². The summed E-state index contributed by atoms with van der Waals surface area (Å²) in [6.07, 6.45) is -3.21. The van der Waals surface area contributed by atoms with Crippen LogP contribution in [-0.2, 0) is 6.18 Å². The second-order valence-corrected chi connectivity index (χ2v) is 5.89. The number of hydrogen-bond acceptors (Lipinski definition) is 3. The first-order valence-electron chi connectivity index (χ1n) is 7.76. The van der Waals surface area contributed by atoms with Crippen molar-refractivity contribution in [3.05, 3.63) is 71.1 Å². The Bertz CT molecular complexity index is 944. The summed E-state index contributed by atoms with van der Waals surface area (Å²) >= 11 is 0. The molecule has 2 aromatic carbocycles. The van der Waals surface area contributed by atoms with Gasteiger partial charge in [-0.05, 0) is 43.2 Å². The molecule has 1 aromatic heterocycles. The molecule has 0 fully saturated rings. The van der Waals surface area contributed by atoms with Gasteiger partial charge >= 0.3 is 6.18 Å².